The van der Waals surface area contributed by atoms with E-state index in [9.17, 15) is 0 Å². The predicted molar refractivity (Wildman–Crippen MR) is 107 cm³/mol. The Kier molecular flexibility index (Phi) is 5.24. The van der Waals surface area contributed by atoms with Crippen molar-refractivity contribution < 1.29 is 0 Å². The second kappa shape index (κ2) is 7.76. The van der Waals surface area contributed by atoms with Crippen molar-refractivity contribution in [3.63, 3.8) is 0 Å². The van der Waals surface area contributed by atoms with Crippen LogP contribution in [-0.4, -0.2) is 24.5 Å². The first-order chi connectivity index (χ1) is 12.3. The van der Waals surface area contributed by atoms with Gasteiger partial charge in [-0.1, -0.05) is 66.6 Å². The van der Waals surface area contributed by atoms with Crippen LogP contribution in [0.15, 0.2) is 60.7 Å². The first kappa shape index (κ1) is 16.9. The lowest BCUT2D eigenvalue weighted by atomic mass is 9.97. The van der Waals surface area contributed by atoms with E-state index in [0.29, 0.717) is 0 Å². The summed E-state index contributed by atoms with van der Waals surface area (Å²) in [7, 11) is 0. The number of rotatable bonds is 4. The van der Waals surface area contributed by atoms with E-state index in [1.807, 2.05) is 12.1 Å². The van der Waals surface area contributed by atoms with Crippen molar-refractivity contribution in [1.82, 2.24) is 4.90 Å². The van der Waals surface area contributed by atoms with Crippen LogP contribution in [0.4, 0.5) is 0 Å². The molecule has 2 atom stereocenters. The molecule has 0 N–H and O–H groups in total. The summed E-state index contributed by atoms with van der Waals surface area (Å²) in [4.78, 5) is 2.66. The van der Waals surface area contributed by atoms with E-state index in [-0.39, 0.29) is 0 Å². The molecule has 1 saturated heterocycles. The lowest BCUT2D eigenvalue weighted by Crippen LogP contribution is -2.29. The molecule has 0 amide bonds. The van der Waals surface area contributed by atoms with Gasteiger partial charge in [0, 0.05) is 18.1 Å². The first-order valence-corrected chi connectivity index (χ1v) is 9.89. The number of likely N-dealkylation sites (tertiary alicyclic amines) is 1. The maximum Gasteiger partial charge on any atom is 0.0406 e. The lowest BCUT2D eigenvalue weighted by molar-refractivity contribution is 0.260. The molecule has 2 aliphatic rings. The Balaban J connectivity index is 1.57. The zero-order chi connectivity index (χ0) is 17.1. The molecule has 1 saturated carbocycles. The summed E-state index contributed by atoms with van der Waals surface area (Å²) in [5, 5.41) is 0.791. The largest absolute Gasteiger partial charge is 0.299 e. The Morgan fingerprint density at radius 3 is 2.44 bits per heavy atom. The van der Waals surface area contributed by atoms with Gasteiger partial charge in [0.2, 0.25) is 0 Å². The van der Waals surface area contributed by atoms with Crippen LogP contribution in [0.3, 0.4) is 0 Å². The van der Waals surface area contributed by atoms with E-state index in [1.54, 1.807) is 0 Å². The molecule has 0 unspecified atom stereocenters. The van der Waals surface area contributed by atoms with E-state index in [0.717, 1.165) is 23.4 Å². The fraction of sp³-hybridized carbons (Fsp3) is 0.391. The molecule has 0 radical (unpaired) electrons. The Labute approximate surface area is 156 Å². The highest BCUT2D eigenvalue weighted by atomic mass is 35.5. The monoisotopic (exact) mass is 351 g/mol. The number of hydrogen-bond donors (Lipinski definition) is 0. The third-order valence-electron chi connectivity index (χ3n) is 5.81. The topological polar surface area (TPSA) is 3.24 Å². The molecule has 0 spiro atoms. The molecular formula is C23H26ClN. The van der Waals surface area contributed by atoms with Crippen LogP contribution in [0.25, 0.3) is 5.57 Å². The minimum atomic E-state index is 0.791. The van der Waals surface area contributed by atoms with Crippen molar-refractivity contribution in [2.75, 3.05) is 19.6 Å². The highest BCUT2D eigenvalue weighted by molar-refractivity contribution is 6.30. The SMILES string of the molecule is Clc1ccc(/C(=C\CN2CC[C@@H]3CC[C@@H](C3)C2)c2ccccc2)cc1. The van der Waals surface area contributed by atoms with Crippen molar-refractivity contribution in [1.29, 1.82) is 0 Å². The molecule has 2 fully saturated rings. The summed E-state index contributed by atoms with van der Waals surface area (Å²) in [6.45, 7) is 3.56. The molecule has 1 aliphatic heterocycles. The summed E-state index contributed by atoms with van der Waals surface area (Å²) in [5.41, 5.74) is 3.83. The van der Waals surface area contributed by atoms with Gasteiger partial charge < -0.3 is 0 Å². The van der Waals surface area contributed by atoms with Crippen molar-refractivity contribution in [2.45, 2.75) is 25.7 Å². The summed E-state index contributed by atoms with van der Waals surface area (Å²) < 4.78 is 0. The number of benzene rings is 2. The zero-order valence-corrected chi connectivity index (χ0v) is 15.5. The van der Waals surface area contributed by atoms with Gasteiger partial charge in [0.25, 0.3) is 0 Å². The minimum absolute atomic E-state index is 0.791. The number of halogens is 1. The van der Waals surface area contributed by atoms with Crippen LogP contribution in [-0.2, 0) is 0 Å². The average Bonchev–Trinajstić information content (AvgIpc) is 2.98. The third kappa shape index (κ3) is 4.16. The molecule has 130 valence electrons. The molecule has 1 heterocycles. The second-order valence-electron chi connectivity index (χ2n) is 7.58. The molecule has 1 nitrogen and oxygen atoms in total. The number of hydrogen-bond acceptors (Lipinski definition) is 1. The highest BCUT2D eigenvalue weighted by Gasteiger charge is 2.29. The van der Waals surface area contributed by atoms with Gasteiger partial charge in [0.05, 0.1) is 0 Å². The van der Waals surface area contributed by atoms with E-state index in [4.69, 9.17) is 11.6 Å². The smallest absolute Gasteiger partial charge is 0.0406 e. The molecule has 0 aromatic heterocycles. The van der Waals surface area contributed by atoms with Gasteiger partial charge in [-0.25, -0.2) is 0 Å². The van der Waals surface area contributed by atoms with Crippen LogP contribution in [0, 0.1) is 11.8 Å². The van der Waals surface area contributed by atoms with Gasteiger partial charge in [0.1, 0.15) is 0 Å². The van der Waals surface area contributed by atoms with Crippen molar-refractivity contribution >= 4 is 17.2 Å². The fourth-order valence-electron chi connectivity index (χ4n) is 4.46. The lowest BCUT2D eigenvalue weighted by Gasteiger charge is -2.23. The Bertz CT molecular complexity index is 720. The predicted octanol–water partition coefficient (Wildman–Crippen LogP) is 5.89. The van der Waals surface area contributed by atoms with Crippen molar-refractivity contribution in [3.05, 3.63) is 76.8 Å². The number of fused-ring (bicyclic) bond motifs is 2. The maximum absolute atomic E-state index is 6.09. The van der Waals surface area contributed by atoms with E-state index in [1.165, 1.54) is 55.5 Å². The van der Waals surface area contributed by atoms with Crippen molar-refractivity contribution in [2.24, 2.45) is 11.8 Å². The van der Waals surface area contributed by atoms with Crippen LogP contribution in [0.1, 0.15) is 36.8 Å². The summed E-state index contributed by atoms with van der Waals surface area (Å²) in [6.07, 6.45) is 8.16. The third-order valence-corrected chi connectivity index (χ3v) is 6.07. The quantitative estimate of drug-likeness (QED) is 0.663. The van der Waals surface area contributed by atoms with Gasteiger partial charge in [-0.2, -0.15) is 0 Å². The van der Waals surface area contributed by atoms with Gasteiger partial charge >= 0.3 is 0 Å². The first-order valence-electron chi connectivity index (χ1n) is 9.52. The second-order valence-corrected chi connectivity index (χ2v) is 8.02. The highest BCUT2D eigenvalue weighted by Crippen LogP contribution is 2.36. The standard InChI is InChI=1S/C23H26ClN/c24-22-10-8-21(9-11-22)23(20-4-2-1-3-5-20)13-15-25-14-12-18-6-7-19(16-18)17-25/h1-5,8-11,13,18-19H,6-7,12,14-17H2/b23-13-/t18-,19-/m0/s1. The molecule has 2 aromatic carbocycles. The van der Waals surface area contributed by atoms with Gasteiger partial charge in [0.15, 0.2) is 0 Å². The Morgan fingerprint density at radius 2 is 1.64 bits per heavy atom. The van der Waals surface area contributed by atoms with Gasteiger partial charge in [-0.15, -0.1) is 0 Å². The fourth-order valence-corrected chi connectivity index (χ4v) is 4.59. The molecule has 1 aliphatic carbocycles. The average molecular weight is 352 g/mol. The maximum atomic E-state index is 6.09. The molecule has 2 bridgehead atoms. The zero-order valence-electron chi connectivity index (χ0n) is 14.7. The molecule has 25 heavy (non-hydrogen) atoms. The van der Waals surface area contributed by atoms with Gasteiger partial charge in [-0.3, -0.25) is 4.90 Å². The normalized spacial score (nSPS) is 24.3. The van der Waals surface area contributed by atoms with Crippen LogP contribution in [0.2, 0.25) is 5.02 Å². The molecule has 2 heteroatoms. The number of nitrogens with zero attached hydrogens (tertiary/aromatic N) is 1. The molecule has 2 aromatic rings. The Morgan fingerprint density at radius 1 is 0.920 bits per heavy atom. The van der Waals surface area contributed by atoms with Crippen LogP contribution >= 0.6 is 11.6 Å². The summed E-state index contributed by atoms with van der Waals surface area (Å²) in [6, 6.07) is 18.9. The molecular weight excluding hydrogens is 326 g/mol. The van der Waals surface area contributed by atoms with E-state index >= 15 is 0 Å². The van der Waals surface area contributed by atoms with Crippen LogP contribution < -0.4 is 0 Å². The van der Waals surface area contributed by atoms with Gasteiger partial charge in [-0.05, 0) is 66.5 Å². The van der Waals surface area contributed by atoms with Crippen molar-refractivity contribution in [3.8, 4) is 0 Å². The Hall–Kier alpha value is -1.57. The van der Waals surface area contributed by atoms with E-state index < -0.39 is 0 Å². The summed E-state index contributed by atoms with van der Waals surface area (Å²) >= 11 is 6.09. The summed E-state index contributed by atoms with van der Waals surface area (Å²) in [5.74, 6) is 1.92. The van der Waals surface area contributed by atoms with Crippen LogP contribution in [0.5, 0.6) is 0 Å². The molecule has 4 rings (SSSR count). The minimum Gasteiger partial charge on any atom is -0.299 e. The van der Waals surface area contributed by atoms with E-state index in [2.05, 4.69) is 53.4 Å².